The summed E-state index contributed by atoms with van der Waals surface area (Å²) in [6, 6.07) is 0.129. The molecule has 2 aliphatic heterocycles. The molecule has 0 bridgehead atoms. The number of piperidine rings is 1. The lowest BCUT2D eigenvalue weighted by atomic mass is 10.0. The molecule has 0 amide bonds. The number of hydrogen-bond acceptors (Lipinski definition) is 4. The van der Waals surface area contributed by atoms with Crippen LogP contribution in [0.5, 0.6) is 0 Å². The smallest absolute Gasteiger partial charge is 0.282 e. The highest BCUT2D eigenvalue weighted by Gasteiger charge is 2.39. The second-order valence-corrected chi connectivity index (χ2v) is 8.12. The molecule has 7 heteroatoms. The molecule has 124 valence electrons. The maximum absolute atomic E-state index is 13.0. The topological polar surface area (TPSA) is 61.9 Å². The van der Waals surface area contributed by atoms with Crippen LogP contribution >= 0.6 is 0 Å². The summed E-state index contributed by atoms with van der Waals surface area (Å²) in [7, 11) is -1.46. The molecule has 2 saturated heterocycles. The normalized spacial score (nSPS) is 33.2. The van der Waals surface area contributed by atoms with E-state index in [4.69, 9.17) is 4.74 Å². The summed E-state index contributed by atoms with van der Waals surface area (Å²) in [6.07, 6.45) is 3.86. The number of nitrogens with one attached hydrogen (secondary N) is 1. The van der Waals surface area contributed by atoms with Crippen molar-refractivity contribution >= 4 is 10.2 Å². The molecular formula is C14H29N3O3S. The summed E-state index contributed by atoms with van der Waals surface area (Å²) in [5, 5.41) is 3.13. The molecule has 2 aliphatic rings. The van der Waals surface area contributed by atoms with Crippen molar-refractivity contribution < 1.29 is 13.2 Å². The fourth-order valence-corrected chi connectivity index (χ4v) is 5.39. The van der Waals surface area contributed by atoms with Gasteiger partial charge in [-0.2, -0.15) is 17.0 Å². The van der Waals surface area contributed by atoms with Crippen LogP contribution in [0.2, 0.25) is 0 Å². The molecule has 0 aromatic rings. The van der Waals surface area contributed by atoms with Crippen LogP contribution in [-0.4, -0.2) is 68.5 Å². The third kappa shape index (κ3) is 4.16. The first-order valence-corrected chi connectivity index (χ1v) is 9.41. The Morgan fingerprint density at radius 3 is 2.48 bits per heavy atom. The van der Waals surface area contributed by atoms with Gasteiger partial charge in [-0.25, -0.2) is 0 Å². The zero-order valence-electron chi connectivity index (χ0n) is 13.4. The number of morpholine rings is 1. The highest BCUT2D eigenvalue weighted by Crippen LogP contribution is 2.26. The van der Waals surface area contributed by atoms with Gasteiger partial charge in [-0.15, -0.1) is 0 Å². The lowest BCUT2D eigenvalue weighted by Crippen LogP contribution is -2.56. The summed E-state index contributed by atoms with van der Waals surface area (Å²) in [6.45, 7) is 6.30. The molecule has 0 saturated carbocycles. The lowest BCUT2D eigenvalue weighted by Gasteiger charge is -2.41. The number of rotatable bonds is 5. The molecule has 1 N–H and O–H groups in total. The van der Waals surface area contributed by atoms with E-state index in [1.165, 1.54) is 0 Å². The van der Waals surface area contributed by atoms with E-state index in [-0.39, 0.29) is 18.2 Å². The maximum atomic E-state index is 13.0. The molecule has 0 radical (unpaired) electrons. The van der Waals surface area contributed by atoms with Crippen molar-refractivity contribution in [1.29, 1.82) is 0 Å². The first-order valence-electron chi connectivity index (χ1n) is 8.02. The van der Waals surface area contributed by atoms with Gasteiger partial charge in [0.25, 0.3) is 10.2 Å². The Labute approximate surface area is 129 Å². The minimum Gasteiger partial charge on any atom is -0.373 e. The molecular weight excluding hydrogens is 290 g/mol. The van der Waals surface area contributed by atoms with Crippen molar-refractivity contribution in [2.75, 3.05) is 33.2 Å². The van der Waals surface area contributed by atoms with Crippen LogP contribution in [0.3, 0.4) is 0 Å². The first-order chi connectivity index (χ1) is 9.95. The van der Waals surface area contributed by atoms with Crippen molar-refractivity contribution in [3.8, 4) is 0 Å². The van der Waals surface area contributed by atoms with Gasteiger partial charge < -0.3 is 10.1 Å². The second kappa shape index (κ2) is 7.37. The van der Waals surface area contributed by atoms with Crippen LogP contribution in [-0.2, 0) is 14.9 Å². The van der Waals surface area contributed by atoms with Gasteiger partial charge in [-0.3, -0.25) is 0 Å². The van der Waals surface area contributed by atoms with Gasteiger partial charge >= 0.3 is 0 Å². The summed E-state index contributed by atoms with van der Waals surface area (Å²) < 4.78 is 35.0. The van der Waals surface area contributed by atoms with E-state index in [1.807, 2.05) is 20.9 Å². The first kappa shape index (κ1) is 17.1. The van der Waals surface area contributed by atoms with E-state index in [0.717, 1.165) is 32.2 Å². The van der Waals surface area contributed by atoms with Gasteiger partial charge in [0.05, 0.1) is 12.2 Å². The zero-order chi connectivity index (χ0) is 15.5. The van der Waals surface area contributed by atoms with Crippen molar-refractivity contribution in [2.45, 2.75) is 57.8 Å². The summed E-state index contributed by atoms with van der Waals surface area (Å²) in [4.78, 5) is 0. The van der Waals surface area contributed by atoms with Crippen LogP contribution in [0, 0.1) is 0 Å². The molecule has 0 aromatic heterocycles. The fourth-order valence-electron chi connectivity index (χ4n) is 3.34. The molecule has 6 nitrogen and oxygen atoms in total. The standard InChI is InChI=1S/C14H29N3O3S/c1-12-10-16(11-13(2)20-12)21(18,19)17-9-5-4-6-14(17)7-8-15-3/h12-15H,4-11H2,1-3H3. The third-order valence-electron chi connectivity index (χ3n) is 4.31. The van der Waals surface area contributed by atoms with Gasteiger partial charge in [-0.1, -0.05) is 6.42 Å². The number of nitrogens with zero attached hydrogens (tertiary/aromatic N) is 2. The molecule has 21 heavy (non-hydrogen) atoms. The van der Waals surface area contributed by atoms with Gasteiger partial charge in [-0.05, 0) is 46.7 Å². The molecule has 3 atom stereocenters. The molecule has 0 spiro atoms. The average Bonchev–Trinajstić information content (AvgIpc) is 2.44. The summed E-state index contributed by atoms with van der Waals surface area (Å²) in [5.41, 5.74) is 0. The highest BCUT2D eigenvalue weighted by molar-refractivity contribution is 7.86. The van der Waals surface area contributed by atoms with Crippen LogP contribution in [0.25, 0.3) is 0 Å². The zero-order valence-corrected chi connectivity index (χ0v) is 14.2. The van der Waals surface area contributed by atoms with Crippen LogP contribution in [0.1, 0.15) is 39.5 Å². The van der Waals surface area contributed by atoms with Crippen molar-refractivity contribution in [3.05, 3.63) is 0 Å². The highest BCUT2D eigenvalue weighted by atomic mass is 32.2. The second-order valence-electron chi connectivity index (χ2n) is 6.23. The Bertz CT molecular complexity index is 419. The van der Waals surface area contributed by atoms with Crippen molar-refractivity contribution in [1.82, 2.24) is 13.9 Å². The number of ether oxygens (including phenoxy) is 1. The predicted molar refractivity (Wildman–Crippen MR) is 83.4 cm³/mol. The maximum Gasteiger partial charge on any atom is 0.282 e. The van der Waals surface area contributed by atoms with E-state index in [1.54, 1.807) is 8.61 Å². The average molecular weight is 319 g/mol. The van der Waals surface area contributed by atoms with Crippen LogP contribution in [0.4, 0.5) is 0 Å². The summed E-state index contributed by atoms with van der Waals surface area (Å²) >= 11 is 0. The van der Waals surface area contributed by atoms with Crippen LogP contribution < -0.4 is 5.32 Å². The molecule has 2 fully saturated rings. The van der Waals surface area contributed by atoms with Crippen molar-refractivity contribution in [2.24, 2.45) is 0 Å². The molecule has 2 rings (SSSR count). The molecule has 2 heterocycles. The Morgan fingerprint density at radius 2 is 1.86 bits per heavy atom. The lowest BCUT2D eigenvalue weighted by molar-refractivity contribution is -0.0460. The minimum atomic E-state index is -3.37. The van der Waals surface area contributed by atoms with E-state index in [2.05, 4.69) is 5.32 Å². The fraction of sp³-hybridized carbons (Fsp3) is 1.00. The van der Waals surface area contributed by atoms with Gasteiger partial charge in [0, 0.05) is 25.7 Å². The van der Waals surface area contributed by atoms with E-state index < -0.39 is 10.2 Å². The van der Waals surface area contributed by atoms with E-state index in [9.17, 15) is 8.42 Å². The Kier molecular flexibility index (Phi) is 6.02. The molecule has 3 unspecified atom stereocenters. The molecule has 0 aromatic carbocycles. The third-order valence-corrected chi connectivity index (χ3v) is 6.33. The Morgan fingerprint density at radius 1 is 1.19 bits per heavy atom. The SMILES string of the molecule is CNCCC1CCCCN1S(=O)(=O)N1CC(C)OC(C)C1. The van der Waals surface area contributed by atoms with Gasteiger partial charge in [0.1, 0.15) is 0 Å². The Hall–Kier alpha value is -0.210. The largest absolute Gasteiger partial charge is 0.373 e. The van der Waals surface area contributed by atoms with Crippen molar-refractivity contribution in [3.63, 3.8) is 0 Å². The van der Waals surface area contributed by atoms with E-state index >= 15 is 0 Å². The van der Waals surface area contributed by atoms with Gasteiger partial charge in [0.2, 0.25) is 0 Å². The monoisotopic (exact) mass is 319 g/mol. The predicted octanol–water partition coefficient (Wildman–Crippen LogP) is 0.804. The molecule has 0 aliphatic carbocycles. The number of hydrogen-bond donors (Lipinski definition) is 1. The van der Waals surface area contributed by atoms with E-state index in [0.29, 0.717) is 19.6 Å². The van der Waals surface area contributed by atoms with Gasteiger partial charge in [0.15, 0.2) is 0 Å². The quantitative estimate of drug-likeness (QED) is 0.814. The Balaban J connectivity index is 2.11. The van der Waals surface area contributed by atoms with Crippen LogP contribution in [0.15, 0.2) is 0 Å². The summed E-state index contributed by atoms with van der Waals surface area (Å²) in [5.74, 6) is 0. The minimum absolute atomic E-state index is 0.0379.